The zero-order valence-corrected chi connectivity index (χ0v) is 12.6. The number of hydrogen-bond acceptors (Lipinski definition) is 2. The molecule has 0 saturated carbocycles. The van der Waals surface area contributed by atoms with Crippen LogP contribution in [0.15, 0.2) is 24.3 Å². The zero-order chi connectivity index (χ0) is 14.4. The summed E-state index contributed by atoms with van der Waals surface area (Å²) < 4.78 is 5.10. The Morgan fingerprint density at radius 3 is 2.58 bits per heavy atom. The van der Waals surface area contributed by atoms with Crippen molar-refractivity contribution in [2.75, 3.05) is 14.2 Å². The Morgan fingerprint density at radius 2 is 2.00 bits per heavy atom. The van der Waals surface area contributed by atoms with Crippen molar-refractivity contribution in [2.24, 2.45) is 5.92 Å². The van der Waals surface area contributed by atoms with E-state index in [0.717, 1.165) is 17.5 Å². The quantitative estimate of drug-likeness (QED) is 0.788. The van der Waals surface area contributed by atoms with Gasteiger partial charge in [-0.3, -0.25) is 4.79 Å². The Morgan fingerprint density at radius 1 is 1.32 bits per heavy atom. The first-order valence-electron chi connectivity index (χ1n) is 6.80. The first-order chi connectivity index (χ1) is 8.95. The Bertz CT molecular complexity index is 415. The molecule has 1 rings (SSSR count). The van der Waals surface area contributed by atoms with Gasteiger partial charge in [-0.1, -0.05) is 26.0 Å². The first-order valence-corrected chi connectivity index (χ1v) is 6.80. The Kier molecular flexibility index (Phi) is 6.03. The van der Waals surface area contributed by atoms with Crippen molar-refractivity contribution in [3.63, 3.8) is 0 Å². The van der Waals surface area contributed by atoms with E-state index in [1.54, 1.807) is 7.11 Å². The summed E-state index contributed by atoms with van der Waals surface area (Å²) in [5, 5.41) is 0. The van der Waals surface area contributed by atoms with Crippen molar-refractivity contribution in [2.45, 2.75) is 39.8 Å². The maximum atomic E-state index is 12.4. The number of amides is 1. The lowest BCUT2D eigenvalue weighted by molar-refractivity contribution is 0.0728. The molecule has 0 bridgehead atoms. The van der Waals surface area contributed by atoms with Gasteiger partial charge in [-0.2, -0.15) is 0 Å². The highest BCUT2D eigenvalue weighted by atomic mass is 16.5. The van der Waals surface area contributed by atoms with E-state index in [4.69, 9.17) is 4.74 Å². The second-order valence-electron chi connectivity index (χ2n) is 5.53. The fourth-order valence-corrected chi connectivity index (χ4v) is 2.20. The number of nitrogens with zero attached hydrogens (tertiary/aromatic N) is 1. The smallest absolute Gasteiger partial charge is 0.253 e. The summed E-state index contributed by atoms with van der Waals surface area (Å²) in [7, 11) is 3.53. The largest absolute Gasteiger partial charge is 0.380 e. The molecule has 3 nitrogen and oxygen atoms in total. The molecule has 3 heteroatoms. The van der Waals surface area contributed by atoms with Crippen LogP contribution in [0.4, 0.5) is 0 Å². The average Bonchev–Trinajstić information content (AvgIpc) is 2.37. The fourth-order valence-electron chi connectivity index (χ4n) is 2.20. The second kappa shape index (κ2) is 7.29. The topological polar surface area (TPSA) is 29.5 Å². The van der Waals surface area contributed by atoms with Crippen molar-refractivity contribution >= 4 is 5.91 Å². The maximum Gasteiger partial charge on any atom is 0.253 e. The van der Waals surface area contributed by atoms with Crippen LogP contribution in [0, 0.1) is 5.92 Å². The van der Waals surface area contributed by atoms with Gasteiger partial charge in [0, 0.05) is 25.8 Å². The van der Waals surface area contributed by atoms with Gasteiger partial charge in [-0.15, -0.1) is 0 Å². The van der Waals surface area contributed by atoms with Crippen molar-refractivity contribution in [1.29, 1.82) is 0 Å². The molecule has 0 N–H and O–H groups in total. The first kappa shape index (κ1) is 15.7. The predicted molar refractivity (Wildman–Crippen MR) is 78.2 cm³/mol. The molecule has 106 valence electrons. The minimum Gasteiger partial charge on any atom is -0.380 e. The van der Waals surface area contributed by atoms with Crippen LogP contribution in [0.25, 0.3) is 0 Å². The summed E-state index contributed by atoms with van der Waals surface area (Å²) in [5.74, 6) is 0.663. The van der Waals surface area contributed by atoms with E-state index in [9.17, 15) is 4.79 Å². The monoisotopic (exact) mass is 263 g/mol. The third-order valence-corrected chi connectivity index (χ3v) is 3.28. The summed E-state index contributed by atoms with van der Waals surface area (Å²) in [4.78, 5) is 14.2. The SMILES string of the molecule is COCc1cccc(C(=O)N(C)[C@@H](C)CC(C)C)c1. The Balaban J connectivity index is 2.78. The number of benzene rings is 1. The molecule has 0 radical (unpaired) electrons. The van der Waals surface area contributed by atoms with Gasteiger partial charge in [0.1, 0.15) is 0 Å². The maximum absolute atomic E-state index is 12.4. The van der Waals surface area contributed by atoms with Gasteiger partial charge >= 0.3 is 0 Å². The molecule has 0 heterocycles. The lowest BCUT2D eigenvalue weighted by atomic mass is 10.0. The normalized spacial score (nSPS) is 12.5. The minimum atomic E-state index is 0.0751. The molecule has 0 saturated heterocycles. The molecule has 0 aromatic heterocycles. The van der Waals surface area contributed by atoms with Crippen LogP contribution in [-0.4, -0.2) is 31.0 Å². The number of rotatable bonds is 6. The van der Waals surface area contributed by atoms with E-state index in [0.29, 0.717) is 12.5 Å². The summed E-state index contributed by atoms with van der Waals surface area (Å²) in [6.45, 7) is 6.98. The van der Waals surface area contributed by atoms with E-state index in [-0.39, 0.29) is 11.9 Å². The highest BCUT2D eigenvalue weighted by Gasteiger charge is 2.18. The summed E-state index contributed by atoms with van der Waals surface area (Å²) >= 11 is 0. The molecule has 19 heavy (non-hydrogen) atoms. The number of ether oxygens (including phenoxy) is 1. The summed E-state index contributed by atoms with van der Waals surface area (Å²) in [5.41, 5.74) is 1.76. The van der Waals surface area contributed by atoms with Crippen LogP contribution in [-0.2, 0) is 11.3 Å². The highest BCUT2D eigenvalue weighted by molar-refractivity contribution is 5.94. The van der Waals surface area contributed by atoms with Crippen molar-refractivity contribution in [3.05, 3.63) is 35.4 Å². The highest BCUT2D eigenvalue weighted by Crippen LogP contribution is 2.14. The van der Waals surface area contributed by atoms with Crippen LogP contribution in [0.5, 0.6) is 0 Å². The van der Waals surface area contributed by atoms with Crippen molar-refractivity contribution in [3.8, 4) is 0 Å². The van der Waals surface area contributed by atoms with E-state index < -0.39 is 0 Å². The van der Waals surface area contributed by atoms with Crippen LogP contribution in [0.1, 0.15) is 43.1 Å². The van der Waals surface area contributed by atoms with Crippen LogP contribution < -0.4 is 0 Å². The van der Waals surface area contributed by atoms with Crippen molar-refractivity contribution < 1.29 is 9.53 Å². The molecule has 0 unspecified atom stereocenters. The van der Waals surface area contributed by atoms with Gasteiger partial charge in [0.25, 0.3) is 5.91 Å². The Labute approximate surface area is 116 Å². The molecule has 1 amide bonds. The molecule has 0 aliphatic carbocycles. The van der Waals surface area contributed by atoms with Crippen LogP contribution in [0.3, 0.4) is 0 Å². The Hall–Kier alpha value is -1.35. The molecule has 0 fully saturated rings. The molecule has 0 aliphatic rings. The predicted octanol–water partition coefficient (Wildman–Crippen LogP) is 3.34. The van der Waals surface area contributed by atoms with Gasteiger partial charge in [0.2, 0.25) is 0 Å². The number of methoxy groups -OCH3 is 1. The van der Waals surface area contributed by atoms with Gasteiger partial charge < -0.3 is 9.64 Å². The zero-order valence-electron chi connectivity index (χ0n) is 12.6. The number of carbonyl (C=O) groups is 1. The minimum absolute atomic E-state index is 0.0751. The molecule has 1 atom stereocenters. The van der Waals surface area contributed by atoms with Crippen LogP contribution in [0.2, 0.25) is 0 Å². The molecular formula is C16H25NO2. The van der Waals surface area contributed by atoms with Gasteiger partial charge in [0.15, 0.2) is 0 Å². The van der Waals surface area contributed by atoms with Crippen LogP contribution >= 0.6 is 0 Å². The van der Waals surface area contributed by atoms with E-state index >= 15 is 0 Å². The second-order valence-corrected chi connectivity index (χ2v) is 5.53. The van der Waals surface area contributed by atoms with Gasteiger partial charge in [0.05, 0.1) is 6.61 Å². The summed E-state index contributed by atoms with van der Waals surface area (Å²) in [6.07, 6.45) is 1.01. The average molecular weight is 263 g/mol. The molecule has 1 aromatic carbocycles. The van der Waals surface area contributed by atoms with E-state index in [1.807, 2.05) is 36.2 Å². The molecule has 0 spiro atoms. The molecule has 0 aliphatic heterocycles. The molecule has 1 aromatic rings. The fraction of sp³-hybridized carbons (Fsp3) is 0.562. The lowest BCUT2D eigenvalue weighted by Crippen LogP contribution is -2.35. The summed E-state index contributed by atoms with van der Waals surface area (Å²) in [6, 6.07) is 7.89. The third-order valence-electron chi connectivity index (χ3n) is 3.28. The molecular weight excluding hydrogens is 238 g/mol. The lowest BCUT2D eigenvalue weighted by Gasteiger charge is -2.26. The van der Waals surface area contributed by atoms with Gasteiger partial charge in [-0.25, -0.2) is 0 Å². The number of carbonyl (C=O) groups excluding carboxylic acids is 1. The number of hydrogen-bond donors (Lipinski definition) is 0. The standard InChI is InChI=1S/C16H25NO2/c1-12(2)9-13(3)17(4)16(18)15-8-6-7-14(10-15)11-19-5/h6-8,10,12-13H,9,11H2,1-5H3/t13-/m0/s1. The van der Waals surface area contributed by atoms with Gasteiger partial charge in [-0.05, 0) is 37.0 Å². The van der Waals surface area contributed by atoms with E-state index in [1.165, 1.54) is 0 Å². The van der Waals surface area contributed by atoms with Crippen molar-refractivity contribution in [1.82, 2.24) is 4.90 Å². The van der Waals surface area contributed by atoms with E-state index in [2.05, 4.69) is 20.8 Å². The third kappa shape index (κ3) is 4.67.